The van der Waals surface area contributed by atoms with E-state index in [-0.39, 0.29) is 36.7 Å². The second-order valence-corrected chi connectivity index (χ2v) is 7.77. The first kappa shape index (κ1) is 24.2. The first-order valence-corrected chi connectivity index (χ1v) is 11.0. The van der Waals surface area contributed by atoms with Crippen molar-refractivity contribution in [3.05, 3.63) is 47.9 Å². The molecule has 0 radical (unpaired) electrons. The number of methoxy groups -OCH3 is 1. The molecule has 0 unspecified atom stereocenters. The molecule has 0 N–H and O–H groups in total. The zero-order valence-corrected chi connectivity index (χ0v) is 19.2. The minimum Gasteiger partial charge on any atom is -0.493 e. The third kappa shape index (κ3) is 6.27. The molecule has 3 rings (SSSR count). The summed E-state index contributed by atoms with van der Waals surface area (Å²) in [6.07, 6.45) is 1.13. The Balaban J connectivity index is 1.49. The molecular weight excluding hydrogens is 428 g/mol. The Morgan fingerprint density at radius 3 is 2.45 bits per heavy atom. The van der Waals surface area contributed by atoms with Crippen LogP contribution >= 0.6 is 0 Å². The standard InChI is InChI=1S/C24H30N2O7/c1-4-31-24(29)17-11-13-26(14-12-17)22(27)15-25(2)23(28)21-10-9-18(33-21)16-32-20-8-6-5-7-19(20)30-3/h5-10,17H,4,11-16H2,1-3H3. The van der Waals surface area contributed by atoms with Gasteiger partial charge in [-0.15, -0.1) is 0 Å². The number of carbonyl (C=O) groups excluding carboxylic acids is 3. The van der Waals surface area contributed by atoms with E-state index in [2.05, 4.69) is 0 Å². The Kier molecular flexibility index (Phi) is 8.34. The number of para-hydroxylation sites is 2. The van der Waals surface area contributed by atoms with Gasteiger partial charge < -0.3 is 28.4 Å². The molecule has 1 fully saturated rings. The number of esters is 1. The molecule has 1 aromatic carbocycles. The average Bonchev–Trinajstić information content (AvgIpc) is 3.31. The predicted octanol–water partition coefficient (Wildman–Crippen LogP) is 2.74. The van der Waals surface area contributed by atoms with Crippen LogP contribution in [0, 0.1) is 5.92 Å². The van der Waals surface area contributed by atoms with Crippen molar-refractivity contribution in [3.8, 4) is 11.5 Å². The number of carbonyl (C=O) groups is 3. The normalized spacial score (nSPS) is 14.0. The summed E-state index contributed by atoms with van der Waals surface area (Å²) in [5, 5.41) is 0. The highest BCUT2D eigenvalue weighted by Gasteiger charge is 2.29. The molecule has 1 aliphatic rings. The van der Waals surface area contributed by atoms with Gasteiger partial charge in [0.05, 0.1) is 26.2 Å². The summed E-state index contributed by atoms with van der Waals surface area (Å²) in [6.45, 7) is 3.12. The van der Waals surface area contributed by atoms with Gasteiger partial charge in [0.15, 0.2) is 17.3 Å². The minimum atomic E-state index is -0.395. The van der Waals surface area contributed by atoms with Crippen molar-refractivity contribution in [1.29, 1.82) is 0 Å². The predicted molar refractivity (Wildman–Crippen MR) is 119 cm³/mol. The van der Waals surface area contributed by atoms with Crippen molar-refractivity contribution in [2.24, 2.45) is 5.92 Å². The molecule has 0 spiro atoms. The van der Waals surface area contributed by atoms with Gasteiger partial charge in [-0.25, -0.2) is 0 Å². The van der Waals surface area contributed by atoms with E-state index >= 15 is 0 Å². The number of benzene rings is 1. The molecule has 9 heteroatoms. The van der Waals surface area contributed by atoms with Crippen LogP contribution in [0.1, 0.15) is 36.1 Å². The Bertz CT molecular complexity index is 963. The summed E-state index contributed by atoms with van der Waals surface area (Å²) >= 11 is 0. The van der Waals surface area contributed by atoms with Gasteiger partial charge in [0, 0.05) is 20.1 Å². The molecule has 2 amide bonds. The quantitative estimate of drug-likeness (QED) is 0.533. The largest absolute Gasteiger partial charge is 0.493 e. The summed E-state index contributed by atoms with van der Waals surface area (Å²) in [5.74, 6) is 0.833. The lowest BCUT2D eigenvalue weighted by Crippen LogP contribution is -2.45. The Morgan fingerprint density at radius 1 is 1.09 bits per heavy atom. The van der Waals surface area contributed by atoms with Gasteiger partial charge in [-0.05, 0) is 44.0 Å². The van der Waals surface area contributed by atoms with E-state index in [0.29, 0.717) is 49.8 Å². The van der Waals surface area contributed by atoms with Crippen molar-refractivity contribution in [2.75, 3.05) is 40.4 Å². The van der Waals surface area contributed by atoms with Gasteiger partial charge in [0.25, 0.3) is 5.91 Å². The molecule has 1 aromatic heterocycles. The van der Waals surface area contributed by atoms with E-state index in [1.54, 1.807) is 50.2 Å². The van der Waals surface area contributed by atoms with Crippen molar-refractivity contribution in [1.82, 2.24) is 9.80 Å². The second kappa shape index (κ2) is 11.4. The number of hydrogen-bond acceptors (Lipinski definition) is 7. The highest BCUT2D eigenvalue weighted by Crippen LogP contribution is 2.27. The lowest BCUT2D eigenvalue weighted by Gasteiger charge is -2.32. The summed E-state index contributed by atoms with van der Waals surface area (Å²) in [5.41, 5.74) is 0. The van der Waals surface area contributed by atoms with Gasteiger partial charge in [-0.3, -0.25) is 14.4 Å². The van der Waals surface area contributed by atoms with Crippen LogP contribution in [0.4, 0.5) is 0 Å². The van der Waals surface area contributed by atoms with Crippen molar-refractivity contribution < 1.29 is 33.0 Å². The summed E-state index contributed by atoms with van der Waals surface area (Å²) in [4.78, 5) is 40.2. The first-order chi connectivity index (χ1) is 15.9. The van der Waals surface area contributed by atoms with E-state index < -0.39 is 5.91 Å². The number of ether oxygens (including phenoxy) is 3. The van der Waals surface area contributed by atoms with Crippen molar-refractivity contribution in [2.45, 2.75) is 26.4 Å². The molecule has 0 bridgehead atoms. The fraction of sp³-hybridized carbons (Fsp3) is 0.458. The number of nitrogens with zero attached hydrogens (tertiary/aromatic N) is 2. The number of furan rings is 1. The van der Waals surface area contributed by atoms with Crippen LogP contribution in [-0.2, 0) is 20.9 Å². The van der Waals surface area contributed by atoms with E-state index in [9.17, 15) is 14.4 Å². The topological polar surface area (TPSA) is 98.5 Å². The molecule has 2 heterocycles. The first-order valence-electron chi connectivity index (χ1n) is 11.0. The van der Waals surface area contributed by atoms with Crippen LogP contribution in [0.3, 0.4) is 0 Å². The fourth-order valence-corrected chi connectivity index (χ4v) is 3.64. The van der Waals surface area contributed by atoms with Crippen LogP contribution in [0.2, 0.25) is 0 Å². The monoisotopic (exact) mass is 458 g/mol. The Morgan fingerprint density at radius 2 is 1.79 bits per heavy atom. The highest BCUT2D eigenvalue weighted by atomic mass is 16.5. The maximum absolute atomic E-state index is 12.7. The second-order valence-electron chi connectivity index (χ2n) is 7.77. The number of likely N-dealkylation sites (tertiary alicyclic amines) is 1. The van der Waals surface area contributed by atoms with Crippen LogP contribution < -0.4 is 9.47 Å². The molecule has 0 saturated carbocycles. The van der Waals surface area contributed by atoms with Crippen molar-refractivity contribution in [3.63, 3.8) is 0 Å². The number of likely N-dealkylation sites (N-methyl/N-ethyl adjacent to an activating group) is 1. The zero-order valence-electron chi connectivity index (χ0n) is 19.2. The summed E-state index contributed by atoms with van der Waals surface area (Å²) < 4.78 is 21.6. The Hall–Kier alpha value is -3.49. The van der Waals surface area contributed by atoms with E-state index in [1.807, 2.05) is 12.1 Å². The Labute approximate surface area is 193 Å². The highest BCUT2D eigenvalue weighted by molar-refractivity contribution is 5.94. The molecule has 0 aliphatic carbocycles. The number of hydrogen-bond donors (Lipinski definition) is 0. The molecular formula is C24H30N2O7. The smallest absolute Gasteiger partial charge is 0.309 e. The van der Waals surface area contributed by atoms with Crippen LogP contribution in [-0.4, -0.2) is 68.0 Å². The summed E-state index contributed by atoms with van der Waals surface area (Å²) in [7, 11) is 3.12. The van der Waals surface area contributed by atoms with Crippen molar-refractivity contribution >= 4 is 17.8 Å². The van der Waals surface area contributed by atoms with E-state index in [1.165, 1.54) is 4.90 Å². The van der Waals surface area contributed by atoms with Crippen LogP contribution in [0.25, 0.3) is 0 Å². The number of rotatable bonds is 9. The minimum absolute atomic E-state index is 0.0728. The zero-order chi connectivity index (χ0) is 23.8. The molecule has 0 atom stereocenters. The lowest BCUT2D eigenvalue weighted by atomic mass is 9.97. The molecule has 1 aliphatic heterocycles. The number of piperidine rings is 1. The third-order valence-electron chi connectivity index (χ3n) is 5.50. The van der Waals surface area contributed by atoms with Gasteiger partial charge in [0.1, 0.15) is 12.4 Å². The molecule has 2 aromatic rings. The maximum Gasteiger partial charge on any atom is 0.309 e. The van der Waals surface area contributed by atoms with E-state index in [4.69, 9.17) is 18.6 Å². The maximum atomic E-state index is 12.7. The van der Waals surface area contributed by atoms with Crippen LogP contribution in [0.15, 0.2) is 40.8 Å². The molecule has 9 nitrogen and oxygen atoms in total. The van der Waals surface area contributed by atoms with Gasteiger partial charge in [0.2, 0.25) is 5.91 Å². The SMILES string of the molecule is CCOC(=O)C1CCN(C(=O)CN(C)C(=O)c2ccc(COc3ccccc3OC)o2)CC1. The average molecular weight is 459 g/mol. The molecule has 33 heavy (non-hydrogen) atoms. The summed E-state index contributed by atoms with van der Waals surface area (Å²) in [6, 6.07) is 10.5. The third-order valence-corrected chi connectivity index (χ3v) is 5.50. The van der Waals surface area contributed by atoms with Gasteiger partial charge >= 0.3 is 5.97 Å². The number of amides is 2. The van der Waals surface area contributed by atoms with E-state index in [0.717, 1.165) is 0 Å². The van der Waals surface area contributed by atoms with Gasteiger partial charge in [-0.2, -0.15) is 0 Å². The lowest BCUT2D eigenvalue weighted by molar-refractivity contribution is -0.151. The van der Waals surface area contributed by atoms with Gasteiger partial charge in [-0.1, -0.05) is 12.1 Å². The molecule has 178 valence electrons. The molecule has 1 saturated heterocycles. The fourth-order valence-electron chi connectivity index (χ4n) is 3.64. The van der Waals surface area contributed by atoms with Crippen LogP contribution in [0.5, 0.6) is 11.5 Å².